The van der Waals surface area contributed by atoms with Crippen molar-refractivity contribution in [1.82, 2.24) is 4.90 Å². The van der Waals surface area contributed by atoms with Crippen molar-refractivity contribution in [2.75, 3.05) is 20.2 Å². The number of ether oxygens (including phenoxy) is 1. The molecule has 1 fully saturated rings. The van der Waals surface area contributed by atoms with Gasteiger partial charge in [0, 0.05) is 6.54 Å². The Morgan fingerprint density at radius 1 is 0.958 bits per heavy atom. The van der Waals surface area contributed by atoms with Crippen LogP contribution < -0.4 is 0 Å². The average Bonchev–Trinajstić information content (AvgIpc) is 2.64. The van der Waals surface area contributed by atoms with Gasteiger partial charge in [-0.15, -0.1) is 0 Å². The zero-order valence-electron chi connectivity index (χ0n) is 14.3. The Labute approximate surface area is 144 Å². The third-order valence-electron chi connectivity index (χ3n) is 5.07. The second-order valence-corrected chi connectivity index (χ2v) is 6.70. The maximum absolute atomic E-state index is 12.5. The van der Waals surface area contributed by atoms with Gasteiger partial charge in [0.05, 0.1) is 12.5 Å². The first-order valence-electron chi connectivity index (χ1n) is 8.60. The average molecular weight is 323 g/mol. The first kappa shape index (κ1) is 16.7. The summed E-state index contributed by atoms with van der Waals surface area (Å²) in [6, 6.07) is 20.8. The van der Waals surface area contributed by atoms with Gasteiger partial charge in [-0.2, -0.15) is 0 Å². The van der Waals surface area contributed by atoms with Gasteiger partial charge in [0.2, 0.25) is 0 Å². The predicted molar refractivity (Wildman–Crippen MR) is 95.5 cm³/mol. The number of hydrogen-bond donors (Lipinski definition) is 0. The van der Waals surface area contributed by atoms with E-state index < -0.39 is 0 Å². The summed E-state index contributed by atoms with van der Waals surface area (Å²) in [6.07, 6.45) is 2.46. The molecule has 0 bridgehead atoms. The first-order chi connectivity index (χ1) is 11.7. The van der Waals surface area contributed by atoms with E-state index in [1.807, 2.05) is 24.3 Å². The largest absolute Gasteiger partial charge is 0.469 e. The molecule has 0 aromatic heterocycles. The van der Waals surface area contributed by atoms with Crippen molar-refractivity contribution < 1.29 is 9.53 Å². The summed E-state index contributed by atoms with van der Waals surface area (Å²) in [7, 11) is 1.51. The van der Waals surface area contributed by atoms with Crippen LogP contribution in [0.1, 0.15) is 24.0 Å². The molecule has 3 rings (SSSR count). The summed E-state index contributed by atoms with van der Waals surface area (Å²) in [5.74, 6) is -0.0642. The highest BCUT2D eigenvalue weighted by Crippen LogP contribution is 2.37. The Kier molecular flexibility index (Phi) is 5.31. The molecule has 0 N–H and O–H groups in total. The zero-order chi connectivity index (χ0) is 16.8. The second kappa shape index (κ2) is 7.63. The van der Waals surface area contributed by atoms with Gasteiger partial charge in [0.15, 0.2) is 0 Å². The van der Waals surface area contributed by atoms with Gasteiger partial charge >= 0.3 is 5.97 Å². The van der Waals surface area contributed by atoms with E-state index in [0.29, 0.717) is 0 Å². The molecule has 1 saturated heterocycles. The van der Waals surface area contributed by atoms with E-state index in [1.54, 1.807) is 0 Å². The van der Waals surface area contributed by atoms with Crippen molar-refractivity contribution in [1.29, 1.82) is 0 Å². The summed E-state index contributed by atoms with van der Waals surface area (Å²) in [5.41, 5.74) is 2.15. The van der Waals surface area contributed by atoms with E-state index in [0.717, 1.165) is 38.9 Å². The molecule has 1 aliphatic rings. The molecule has 2 aromatic rings. The van der Waals surface area contributed by atoms with Gasteiger partial charge in [-0.3, -0.25) is 9.69 Å². The number of likely N-dealkylation sites (tertiary alicyclic amines) is 1. The highest BCUT2D eigenvalue weighted by atomic mass is 16.5. The van der Waals surface area contributed by atoms with Crippen LogP contribution in [0, 0.1) is 5.41 Å². The van der Waals surface area contributed by atoms with Crippen LogP contribution in [-0.4, -0.2) is 31.1 Å². The predicted octanol–water partition coefficient (Wildman–Crippen LogP) is 3.68. The summed E-state index contributed by atoms with van der Waals surface area (Å²) in [4.78, 5) is 14.9. The molecule has 0 aliphatic carbocycles. The van der Waals surface area contributed by atoms with E-state index in [2.05, 4.69) is 41.3 Å². The van der Waals surface area contributed by atoms with E-state index in [9.17, 15) is 4.79 Å². The van der Waals surface area contributed by atoms with Crippen molar-refractivity contribution in [2.45, 2.75) is 25.8 Å². The summed E-state index contributed by atoms with van der Waals surface area (Å²) in [5, 5.41) is 0. The summed E-state index contributed by atoms with van der Waals surface area (Å²) >= 11 is 0. The van der Waals surface area contributed by atoms with Crippen molar-refractivity contribution in [2.24, 2.45) is 5.41 Å². The Morgan fingerprint density at radius 3 is 2.04 bits per heavy atom. The number of methoxy groups -OCH3 is 1. The summed E-state index contributed by atoms with van der Waals surface area (Å²) in [6.45, 7) is 2.80. The van der Waals surface area contributed by atoms with Crippen molar-refractivity contribution in [3.05, 3.63) is 71.8 Å². The van der Waals surface area contributed by atoms with E-state index in [-0.39, 0.29) is 11.4 Å². The van der Waals surface area contributed by atoms with Gasteiger partial charge in [-0.1, -0.05) is 60.7 Å². The third kappa shape index (κ3) is 3.85. The molecule has 1 heterocycles. The van der Waals surface area contributed by atoms with Crippen LogP contribution in [0.5, 0.6) is 0 Å². The smallest absolute Gasteiger partial charge is 0.312 e. The van der Waals surface area contributed by atoms with Crippen LogP contribution in [-0.2, 0) is 22.5 Å². The zero-order valence-corrected chi connectivity index (χ0v) is 14.3. The summed E-state index contributed by atoms with van der Waals surface area (Å²) < 4.78 is 5.16. The third-order valence-corrected chi connectivity index (χ3v) is 5.07. The molecule has 0 saturated carbocycles. The minimum absolute atomic E-state index is 0.0642. The Hall–Kier alpha value is -2.13. The highest BCUT2D eigenvalue weighted by molar-refractivity contribution is 5.77. The Morgan fingerprint density at radius 2 is 1.50 bits per heavy atom. The lowest BCUT2D eigenvalue weighted by Crippen LogP contribution is -2.45. The molecule has 3 heteroatoms. The molecule has 126 valence electrons. The lowest BCUT2D eigenvalue weighted by Gasteiger charge is -2.40. The fourth-order valence-electron chi connectivity index (χ4n) is 3.64. The van der Waals surface area contributed by atoms with Crippen LogP contribution in [0.3, 0.4) is 0 Å². The molecule has 0 amide bonds. The van der Waals surface area contributed by atoms with Crippen LogP contribution in [0.15, 0.2) is 60.7 Å². The number of benzene rings is 2. The first-order valence-corrected chi connectivity index (χ1v) is 8.60. The molecule has 3 nitrogen and oxygen atoms in total. The number of hydrogen-bond acceptors (Lipinski definition) is 3. The SMILES string of the molecule is COC(=O)C1(Cc2ccccc2)CCN(Cc2ccccc2)CC1. The normalized spacial score (nSPS) is 17.4. The lowest BCUT2D eigenvalue weighted by atomic mass is 9.73. The van der Waals surface area contributed by atoms with Crippen LogP contribution in [0.4, 0.5) is 0 Å². The molecule has 0 atom stereocenters. The standard InChI is InChI=1S/C21H25NO2/c1-24-20(23)21(16-18-8-4-2-5-9-18)12-14-22(15-13-21)17-19-10-6-3-7-11-19/h2-11H,12-17H2,1H3. The van der Waals surface area contributed by atoms with Crippen molar-refractivity contribution in [3.63, 3.8) is 0 Å². The van der Waals surface area contributed by atoms with E-state index in [4.69, 9.17) is 4.74 Å². The van der Waals surface area contributed by atoms with Gasteiger partial charge in [0.1, 0.15) is 0 Å². The number of piperidine rings is 1. The number of carbonyl (C=O) groups is 1. The molecule has 2 aromatic carbocycles. The van der Waals surface area contributed by atoms with Crippen LogP contribution in [0.25, 0.3) is 0 Å². The van der Waals surface area contributed by atoms with Gasteiger partial charge in [0.25, 0.3) is 0 Å². The van der Waals surface area contributed by atoms with E-state index >= 15 is 0 Å². The number of esters is 1. The molecule has 24 heavy (non-hydrogen) atoms. The lowest BCUT2D eigenvalue weighted by molar-refractivity contribution is -0.156. The maximum atomic E-state index is 12.5. The molecule has 1 aliphatic heterocycles. The quantitative estimate of drug-likeness (QED) is 0.786. The molecule has 0 radical (unpaired) electrons. The molecule has 0 spiro atoms. The highest BCUT2D eigenvalue weighted by Gasteiger charge is 2.42. The molecular weight excluding hydrogens is 298 g/mol. The van der Waals surface area contributed by atoms with Crippen LogP contribution in [0.2, 0.25) is 0 Å². The Balaban J connectivity index is 1.68. The van der Waals surface area contributed by atoms with Crippen LogP contribution >= 0.6 is 0 Å². The molecular formula is C21H25NO2. The fraction of sp³-hybridized carbons (Fsp3) is 0.381. The number of rotatable bonds is 5. The van der Waals surface area contributed by atoms with E-state index in [1.165, 1.54) is 18.2 Å². The van der Waals surface area contributed by atoms with Gasteiger partial charge in [-0.25, -0.2) is 0 Å². The Bertz CT molecular complexity index is 646. The molecule has 0 unspecified atom stereocenters. The minimum Gasteiger partial charge on any atom is -0.469 e. The van der Waals surface area contributed by atoms with Crippen molar-refractivity contribution in [3.8, 4) is 0 Å². The van der Waals surface area contributed by atoms with Gasteiger partial charge < -0.3 is 4.74 Å². The second-order valence-electron chi connectivity index (χ2n) is 6.70. The van der Waals surface area contributed by atoms with Crippen molar-refractivity contribution >= 4 is 5.97 Å². The maximum Gasteiger partial charge on any atom is 0.312 e. The minimum atomic E-state index is -0.386. The topological polar surface area (TPSA) is 29.5 Å². The number of carbonyl (C=O) groups excluding carboxylic acids is 1. The fourth-order valence-corrected chi connectivity index (χ4v) is 3.64. The van der Waals surface area contributed by atoms with Gasteiger partial charge in [-0.05, 0) is 43.5 Å². The number of nitrogens with zero attached hydrogens (tertiary/aromatic N) is 1. The monoisotopic (exact) mass is 323 g/mol.